The smallest absolute Gasteiger partial charge is 0.376 e. The number of allylic oxidation sites excluding steroid dienone is 1. The number of alkyl halides is 3. The van der Waals surface area contributed by atoms with Crippen molar-refractivity contribution in [2.24, 2.45) is 5.92 Å². The molecule has 0 aliphatic heterocycles. The van der Waals surface area contributed by atoms with Crippen LogP contribution in [0.25, 0.3) is 0 Å². The van der Waals surface area contributed by atoms with Gasteiger partial charge in [-0.3, -0.25) is 0 Å². The molecule has 0 spiro atoms. The average molecular weight is 348 g/mol. The van der Waals surface area contributed by atoms with Gasteiger partial charge in [-0.2, -0.15) is 21.6 Å². The summed E-state index contributed by atoms with van der Waals surface area (Å²) >= 11 is 0. The lowest BCUT2D eigenvalue weighted by atomic mass is 9.77. The SMILES string of the molecule is C=CCC1CCC(c2ccc(OS(=O)(=O)C(F)(F)F)cc2)CC1. The molecular formula is C16H19F3O3S. The topological polar surface area (TPSA) is 43.4 Å². The van der Waals surface area contributed by atoms with Crippen LogP contribution in [0.5, 0.6) is 5.75 Å². The second-order valence-corrected chi connectivity index (χ2v) is 7.33. The third kappa shape index (κ3) is 4.50. The van der Waals surface area contributed by atoms with E-state index in [9.17, 15) is 21.6 Å². The van der Waals surface area contributed by atoms with Gasteiger partial charge in [0.25, 0.3) is 0 Å². The molecule has 0 heterocycles. The predicted molar refractivity (Wildman–Crippen MR) is 81.6 cm³/mol. The van der Waals surface area contributed by atoms with Crippen LogP contribution in [0.1, 0.15) is 43.6 Å². The van der Waals surface area contributed by atoms with Gasteiger partial charge in [-0.15, -0.1) is 6.58 Å². The number of hydrogen-bond acceptors (Lipinski definition) is 3. The summed E-state index contributed by atoms with van der Waals surface area (Å²) < 4.78 is 62.8. The highest BCUT2D eigenvalue weighted by Crippen LogP contribution is 2.37. The second-order valence-electron chi connectivity index (χ2n) is 5.79. The molecule has 0 saturated heterocycles. The molecule has 1 aliphatic rings. The molecule has 2 rings (SSSR count). The number of rotatable bonds is 5. The van der Waals surface area contributed by atoms with Gasteiger partial charge in [-0.05, 0) is 61.6 Å². The maximum absolute atomic E-state index is 12.3. The van der Waals surface area contributed by atoms with Crippen molar-refractivity contribution in [1.29, 1.82) is 0 Å². The molecule has 3 nitrogen and oxygen atoms in total. The van der Waals surface area contributed by atoms with E-state index in [4.69, 9.17) is 0 Å². The molecule has 0 radical (unpaired) electrons. The largest absolute Gasteiger partial charge is 0.534 e. The molecule has 1 aliphatic carbocycles. The third-order valence-electron chi connectivity index (χ3n) is 4.19. The first kappa shape index (κ1) is 17.8. The van der Waals surface area contributed by atoms with E-state index < -0.39 is 15.6 Å². The van der Waals surface area contributed by atoms with Crippen LogP contribution in [-0.2, 0) is 10.1 Å². The summed E-state index contributed by atoms with van der Waals surface area (Å²) in [6.45, 7) is 3.75. The first-order valence-corrected chi connectivity index (χ1v) is 8.85. The Morgan fingerprint density at radius 3 is 2.17 bits per heavy atom. The summed E-state index contributed by atoms with van der Waals surface area (Å²) in [6.07, 6.45) is 7.15. The van der Waals surface area contributed by atoms with Gasteiger partial charge >= 0.3 is 15.6 Å². The van der Waals surface area contributed by atoms with Crippen molar-refractivity contribution in [2.45, 2.75) is 43.5 Å². The lowest BCUT2D eigenvalue weighted by Gasteiger charge is -2.28. The highest BCUT2D eigenvalue weighted by atomic mass is 32.2. The van der Waals surface area contributed by atoms with Crippen LogP contribution in [0.15, 0.2) is 36.9 Å². The van der Waals surface area contributed by atoms with Gasteiger partial charge in [0, 0.05) is 0 Å². The van der Waals surface area contributed by atoms with Gasteiger partial charge in [0.1, 0.15) is 5.75 Å². The van der Waals surface area contributed by atoms with Gasteiger partial charge in [-0.25, -0.2) is 0 Å². The van der Waals surface area contributed by atoms with Crippen LogP contribution >= 0.6 is 0 Å². The second kappa shape index (κ2) is 6.95. The van der Waals surface area contributed by atoms with Crippen molar-refractivity contribution < 1.29 is 25.8 Å². The molecule has 1 saturated carbocycles. The molecule has 1 aromatic carbocycles. The minimum atomic E-state index is -5.61. The van der Waals surface area contributed by atoms with Crippen LogP contribution in [0.2, 0.25) is 0 Å². The van der Waals surface area contributed by atoms with Gasteiger partial charge in [0.05, 0.1) is 0 Å². The molecule has 23 heavy (non-hydrogen) atoms. The van der Waals surface area contributed by atoms with Crippen molar-refractivity contribution >= 4 is 10.1 Å². The lowest BCUT2D eigenvalue weighted by Crippen LogP contribution is -2.28. The van der Waals surface area contributed by atoms with Crippen LogP contribution < -0.4 is 4.18 Å². The first-order valence-electron chi connectivity index (χ1n) is 7.44. The highest BCUT2D eigenvalue weighted by molar-refractivity contribution is 7.87. The summed E-state index contributed by atoms with van der Waals surface area (Å²) in [7, 11) is -5.61. The van der Waals surface area contributed by atoms with E-state index in [2.05, 4.69) is 10.8 Å². The van der Waals surface area contributed by atoms with Crippen LogP contribution in [0, 0.1) is 5.92 Å². The van der Waals surface area contributed by atoms with E-state index in [1.165, 1.54) is 12.1 Å². The highest BCUT2D eigenvalue weighted by Gasteiger charge is 2.48. The molecule has 7 heteroatoms. The van der Waals surface area contributed by atoms with Crippen molar-refractivity contribution in [3.05, 3.63) is 42.5 Å². The average Bonchev–Trinajstić information content (AvgIpc) is 2.48. The maximum atomic E-state index is 12.3. The Balaban J connectivity index is 1.99. The zero-order chi connectivity index (χ0) is 17.1. The Morgan fingerprint density at radius 2 is 1.70 bits per heavy atom. The summed E-state index contributed by atoms with van der Waals surface area (Å²) in [5.41, 5.74) is -4.42. The fourth-order valence-corrected chi connectivity index (χ4v) is 3.40. The monoisotopic (exact) mass is 348 g/mol. The zero-order valence-electron chi connectivity index (χ0n) is 12.6. The first-order chi connectivity index (χ1) is 10.7. The quantitative estimate of drug-likeness (QED) is 0.437. The molecule has 1 fully saturated rings. The number of hydrogen-bond donors (Lipinski definition) is 0. The van der Waals surface area contributed by atoms with Crippen molar-refractivity contribution in [1.82, 2.24) is 0 Å². The molecular weight excluding hydrogens is 329 g/mol. The summed E-state index contributed by atoms with van der Waals surface area (Å²) in [5, 5.41) is 0. The molecule has 1 aromatic rings. The molecule has 128 valence electrons. The van der Waals surface area contributed by atoms with Crippen LogP contribution in [0.4, 0.5) is 13.2 Å². The number of halogens is 3. The molecule has 0 unspecified atom stereocenters. The van der Waals surface area contributed by atoms with Crippen molar-refractivity contribution in [2.75, 3.05) is 0 Å². The summed E-state index contributed by atoms with van der Waals surface area (Å²) in [5.74, 6) is 0.680. The van der Waals surface area contributed by atoms with Crippen molar-refractivity contribution in [3.63, 3.8) is 0 Å². The van der Waals surface area contributed by atoms with Crippen molar-refractivity contribution in [3.8, 4) is 5.75 Å². The van der Waals surface area contributed by atoms with E-state index >= 15 is 0 Å². The van der Waals surface area contributed by atoms with Gasteiger partial charge in [0.15, 0.2) is 0 Å². The Morgan fingerprint density at radius 1 is 1.13 bits per heavy atom. The van der Waals surface area contributed by atoms with E-state index in [-0.39, 0.29) is 5.75 Å². The zero-order valence-corrected chi connectivity index (χ0v) is 13.4. The molecule has 0 atom stereocenters. The fourth-order valence-electron chi connectivity index (χ4n) is 2.94. The minimum absolute atomic E-state index is 0.327. The maximum Gasteiger partial charge on any atom is 0.534 e. The predicted octanol–water partition coefficient (Wildman–Crippen LogP) is 4.76. The van der Waals surface area contributed by atoms with Gasteiger partial charge < -0.3 is 4.18 Å². The van der Waals surface area contributed by atoms with Gasteiger partial charge in [-0.1, -0.05) is 18.2 Å². The minimum Gasteiger partial charge on any atom is -0.376 e. The van der Waals surface area contributed by atoms with Crippen LogP contribution in [0.3, 0.4) is 0 Å². The normalized spacial score (nSPS) is 22.6. The van der Waals surface area contributed by atoms with E-state index in [1.807, 2.05) is 6.08 Å². The standard InChI is InChI=1S/C16H19F3O3S/c1-2-3-12-4-6-13(7-5-12)14-8-10-15(11-9-14)22-23(20,21)16(17,18)19/h2,8-13H,1,3-7H2. The Bertz CT molecular complexity index is 628. The molecule has 0 N–H and O–H groups in total. The Kier molecular flexibility index (Phi) is 5.39. The van der Waals surface area contributed by atoms with E-state index in [0.29, 0.717) is 11.8 Å². The third-order valence-corrected chi connectivity index (χ3v) is 5.17. The summed E-state index contributed by atoms with van der Waals surface area (Å²) in [4.78, 5) is 0. The lowest BCUT2D eigenvalue weighted by molar-refractivity contribution is -0.0500. The summed E-state index contributed by atoms with van der Waals surface area (Å²) in [6, 6.07) is 5.82. The molecule has 0 aromatic heterocycles. The van der Waals surface area contributed by atoms with Crippen LogP contribution in [-0.4, -0.2) is 13.9 Å². The fraction of sp³-hybridized carbons (Fsp3) is 0.500. The Hall–Kier alpha value is -1.50. The molecule has 0 amide bonds. The molecule has 0 bridgehead atoms. The van der Waals surface area contributed by atoms with E-state index in [1.54, 1.807) is 12.1 Å². The van der Waals surface area contributed by atoms with E-state index in [0.717, 1.165) is 37.7 Å². The van der Waals surface area contributed by atoms with Gasteiger partial charge in [0.2, 0.25) is 0 Å². The Labute approximate surface area is 134 Å². The number of benzene rings is 1.